The van der Waals surface area contributed by atoms with E-state index in [9.17, 15) is 0 Å². The van der Waals surface area contributed by atoms with Gasteiger partial charge in [0.25, 0.3) is 0 Å². The van der Waals surface area contributed by atoms with Gasteiger partial charge in [0.1, 0.15) is 0 Å². The number of hydrogen-bond donors (Lipinski definition) is 1. The SMILES string of the molecule is CCC(CC)CC(NC)c1cc(C)ccc1C. The third-order valence-electron chi connectivity index (χ3n) is 3.88. The highest BCUT2D eigenvalue weighted by Crippen LogP contribution is 2.27. The Kier molecular flexibility index (Phi) is 5.70. The number of aryl methyl sites for hydroxylation is 2. The van der Waals surface area contributed by atoms with Crippen LogP contribution in [0.3, 0.4) is 0 Å². The lowest BCUT2D eigenvalue weighted by Crippen LogP contribution is -2.20. The molecule has 0 aliphatic heterocycles. The molecule has 1 N–H and O–H groups in total. The summed E-state index contributed by atoms with van der Waals surface area (Å²) in [5, 5.41) is 3.49. The van der Waals surface area contributed by atoms with E-state index < -0.39 is 0 Å². The van der Waals surface area contributed by atoms with Crippen LogP contribution < -0.4 is 5.32 Å². The van der Waals surface area contributed by atoms with Gasteiger partial charge in [-0.2, -0.15) is 0 Å². The maximum atomic E-state index is 3.49. The molecule has 0 bridgehead atoms. The van der Waals surface area contributed by atoms with Gasteiger partial charge >= 0.3 is 0 Å². The van der Waals surface area contributed by atoms with Gasteiger partial charge in [0.2, 0.25) is 0 Å². The Bertz CT molecular complexity index is 339. The minimum Gasteiger partial charge on any atom is -0.313 e. The Morgan fingerprint density at radius 1 is 1.12 bits per heavy atom. The van der Waals surface area contributed by atoms with E-state index in [0.29, 0.717) is 6.04 Å². The van der Waals surface area contributed by atoms with Gasteiger partial charge < -0.3 is 5.32 Å². The summed E-state index contributed by atoms with van der Waals surface area (Å²) in [5.41, 5.74) is 4.23. The second-order valence-corrected chi connectivity index (χ2v) is 5.12. The first-order valence-electron chi connectivity index (χ1n) is 6.86. The highest BCUT2D eigenvalue weighted by molar-refractivity contribution is 5.33. The van der Waals surface area contributed by atoms with Crippen LogP contribution in [-0.4, -0.2) is 7.05 Å². The highest BCUT2D eigenvalue weighted by Gasteiger charge is 2.16. The zero-order valence-electron chi connectivity index (χ0n) is 12.0. The summed E-state index contributed by atoms with van der Waals surface area (Å²) >= 11 is 0. The average Bonchev–Trinajstić information content (AvgIpc) is 2.34. The summed E-state index contributed by atoms with van der Waals surface area (Å²) in [6.07, 6.45) is 3.80. The first-order valence-corrected chi connectivity index (χ1v) is 6.86. The fraction of sp³-hybridized carbons (Fsp3) is 0.625. The molecule has 1 unspecified atom stereocenters. The van der Waals surface area contributed by atoms with E-state index in [2.05, 4.69) is 58.3 Å². The number of benzene rings is 1. The van der Waals surface area contributed by atoms with Gasteiger partial charge in [-0.15, -0.1) is 0 Å². The maximum absolute atomic E-state index is 3.49. The van der Waals surface area contributed by atoms with Crippen LogP contribution in [0.15, 0.2) is 18.2 Å². The molecule has 96 valence electrons. The van der Waals surface area contributed by atoms with Gasteiger partial charge in [-0.05, 0) is 44.4 Å². The molecule has 17 heavy (non-hydrogen) atoms. The third kappa shape index (κ3) is 3.85. The van der Waals surface area contributed by atoms with Crippen molar-refractivity contribution in [1.29, 1.82) is 0 Å². The molecule has 0 radical (unpaired) electrons. The molecule has 0 saturated heterocycles. The van der Waals surface area contributed by atoms with Crippen molar-refractivity contribution in [1.82, 2.24) is 5.32 Å². The van der Waals surface area contributed by atoms with E-state index >= 15 is 0 Å². The fourth-order valence-electron chi connectivity index (χ4n) is 2.49. The Hall–Kier alpha value is -0.820. The van der Waals surface area contributed by atoms with Crippen LogP contribution in [0.2, 0.25) is 0 Å². The van der Waals surface area contributed by atoms with E-state index in [4.69, 9.17) is 0 Å². The first-order chi connectivity index (χ1) is 8.12. The molecule has 0 heterocycles. The summed E-state index contributed by atoms with van der Waals surface area (Å²) in [6, 6.07) is 7.27. The van der Waals surface area contributed by atoms with Crippen molar-refractivity contribution >= 4 is 0 Å². The van der Waals surface area contributed by atoms with Gasteiger partial charge in [0, 0.05) is 6.04 Å². The molecular weight excluding hydrogens is 206 g/mol. The number of hydrogen-bond acceptors (Lipinski definition) is 1. The second-order valence-electron chi connectivity index (χ2n) is 5.12. The molecule has 0 amide bonds. The Balaban J connectivity index is 2.89. The zero-order valence-corrected chi connectivity index (χ0v) is 12.0. The summed E-state index contributed by atoms with van der Waals surface area (Å²) < 4.78 is 0. The van der Waals surface area contributed by atoms with Crippen LogP contribution in [0.4, 0.5) is 0 Å². The standard InChI is InChI=1S/C16H27N/c1-6-14(7-2)11-16(17-5)15-10-12(3)8-9-13(15)4/h8-10,14,16-17H,6-7,11H2,1-5H3. The van der Waals surface area contributed by atoms with Gasteiger partial charge in [-0.3, -0.25) is 0 Å². The van der Waals surface area contributed by atoms with Crippen molar-refractivity contribution in [3.63, 3.8) is 0 Å². The molecule has 1 aromatic carbocycles. The third-order valence-corrected chi connectivity index (χ3v) is 3.88. The molecular formula is C16H27N. The van der Waals surface area contributed by atoms with Crippen LogP contribution >= 0.6 is 0 Å². The lowest BCUT2D eigenvalue weighted by Gasteiger charge is -2.23. The monoisotopic (exact) mass is 233 g/mol. The minimum atomic E-state index is 0.500. The molecule has 1 aromatic rings. The van der Waals surface area contributed by atoms with Crippen molar-refractivity contribution < 1.29 is 0 Å². The van der Waals surface area contributed by atoms with E-state index in [1.807, 2.05) is 0 Å². The summed E-state index contributed by atoms with van der Waals surface area (Å²) in [5.74, 6) is 0.826. The zero-order chi connectivity index (χ0) is 12.8. The van der Waals surface area contributed by atoms with Crippen LogP contribution in [0.5, 0.6) is 0 Å². The largest absolute Gasteiger partial charge is 0.313 e. The van der Waals surface area contributed by atoms with Crippen molar-refractivity contribution in [3.8, 4) is 0 Å². The van der Waals surface area contributed by atoms with E-state index in [0.717, 1.165) is 5.92 Å². The van der Waals surface area contributed by atoms with Crippen LogP contribution in [-0.2, 0) is 0 Å². The molecule has 0 aliphatic rings. The molecule has 1 nitrogen and oxygen atoms in total. The van der Waals surface area contributed by atoms with Crippen molar-refractivity contribution in [3.05, 3.63) is 34.9 Å². The van der Waals surface area contributed by atoms with Crippen molar-refractivity contribution in [2.45, 2.75) is 53.0 Å². The number of nitrogens with one attached hydrogen (secondary N) is 1. The van der Waals surface area contributed by atoms with E-state index in [-0.39, 0.29) is 0 Å². The Morgan fingerprint density at radius 2 is 1.76 bits per heavy atom. The molecule has 0 saturated carbocycles. The summed E-state index contributed by atoms with van der Waals surface area (Å²) in [6.45, 7) is 8.98. The lowest BCUT2D eigenvalue weighted by atomic mass is 9.89. The minimum absolute atomic E-state index is 0.500. The summed E-state index contributed by atoms with van der Waals surface area (Å²) in [4.78, 5) is 0. The Morgan fingerprint density at radius 3 is 2.29 bits per heavy atom. The van der Waals surface area contributed by atoms with E-state index in [1.54, 1.807) is 0 Å². The smallest absolute Gasteiger partial charge is 0.0322 e. The predicted molar refractivity (Wildman–Crippen MR) is 76.4 cm³/mol. The van der Waals surface area contributed by atoms with Gasteiger partial charge in [0.05, 0.1) is 0 Å². The quantitative estimate of drug-likeness (QED) is 0.768. The molecule has 1 atom stereocenters. The van der Waals surface area contributed by atoms with Crippen molar-refractivity contribution in [2.75, 3.05) is 7.05 Å². The van der Waals surface area contributed by atoms with Crippen LogP contribution in [0.25, 0.3) is 0 Å². The number of rotatable bonds is 6. The van der Waals surface area contributed by atoms with Gasteiger partial charge in [-0.1, -0.05) is 50.5 Å². The van der Waals surface area contributed by atoms with Crippen LogP contribution in [0, 0.1) is 19.8 Å². The fourth-order valence-corrected chi connectivity index (χ4v) is 2.49. The molecule has 1 heteroatoms. The normalized spacial score (nSPS) is 13.1. The van der Waals surface area contributed by atoms with Gasteiger partial charge in [-0.25, -0.2) is 0 Å². The second kappa shape index (κ2) is 6.80. The van der Waals surface area contributed by atoms with Crippen molar-refractivity contribution in [2.24, 2.45) is 5.92 Å². The topological polar surface area (TPSA) is 12.0 Å². The van der Waals surface area contributed by atoms with Gasteiger partial charge in [0.15, 0.2) is 0 Å². The molecule has 0 aromatic heterocycles. The van der Waals surface area contributed by atoms with E-state index in [1.165, 1.54) is 36.0 Å². The van der Waals surface area contributed by atoms with Crippen LogP contribution in [0.1, 0.15) is 55.8 Å². The lowest BCUT2D eigenvalue weighted by molar-refractivity contribution is 0.384. The predicted octanol–water partition coefficient (Wildman–Crippen LogP) is 4.39. The molecule has 0 spiro atoms. The Labute approximate surface area is 107 Å². The first kappa shape index (κ1) is 14.2. The molecule has 0 fully saturated rings. The maximum Gasteiger partial charge on any atom is 0.0322 e. The molecule has 0 aliphatic carbocycles. The summed E-state index contributed by atoms with van der Waals surface area (Å²) in [7, 11) is 2.08. The average molecular weight is 233 g/mol. The highest BCUT2D eigenvalue weighted by atomic mass is 14.9. The molecule has 1 rings (SSSR count).